The molecule has 34 heavy (non-hydrogen) atoms. The number of rotatable bonds is 7. The number of para-hydroxylation sites is 1. The number of halogens is 4. The van der Waals surface area contributed by atoms with E-state index < -0.39 is 29.8 Å². The van der Waals surface area contributed by atoms with Gasteiger partial charge in [0, 0.05) is 29.3 Å². The Labute approximate surface area is 192 Å². The number of aliphatic hydroxyl groups is 1. The molecule has 0 aliphatic rings. The average molecular weight is 475 g/mol. The topological polar surface area (TPSA) is 68.5 Å². The van der Waals surface area contributed by atoms with Gasteiger partial charge in [0.05, 0.1) is 32.0 Å². The Morgan fingerprint density at radius 3 is 2.15 bits per heavy atom. The van der Waals surface area contributed by atoms with Crippen LogP contribution in [0.15, 0.2) is 66.7 Å². The highest BCUT2D eigenvalue weighted by atomic mass is 19.4. The van der Waals surface area contributed by atoms with E-state index in [0.717, 1.165) is 0 Å². The first-order valence-electron chi connectivity index (χ1n) is 10.2. The Balaban J connectivity index is 1.80. The van der Waals surface area contributed by atoms with Gasteiger partial charge in [0.1, 0.15) is 23.0 Å². The number of ether oxygens (including phenoxy) is 2. The van der Waals surface area contributed by atoms with E-state index in [1.165, 1.54) is 61.4 Å². The SMILES string of the molecule is COc1cc(NCC(O)(c2nn(-c3ccc(F)cc3)c3ccccc23)C(F)(F)F)cc(OC)c1. The van der Waals surface area contributed by atoms with Crippen LogP contribution in [-0.2, 0) is 5.60 Å². The first kappa shape index (κ1) is 23.4. The first-order chi connectivity index (χ1) is 16.2. The minimum atomic E-state index is -5.08. The second-order valence-electron chi connectivity index (χ2n) is 7.57. The van der Waals surface area contributed by atoms with Gasteiger partial charge < -0.3 is 19.9 Å². The van der Waals surface area contributed by atoms with Crippen molar-refractivity contribution in [3.05, 3.63) is 78.2 Å². The molecule has 0 aliphatic carbocycles. The Kier molecular flexibility index (Phi) is 6.09. The van der Waals surface area contributed by atoms with Crippen LogP contribution in [0.4, 0.5) is 23.2 Å². The molecule has 4 aromatic rings. The number of methoxy groups -OCH3 is 2. The molecule has 3 aromatic carbocycles. The number of fused-ring (bicyclic) bond motifs is 1. The van der Waals surface area contributed by atoms with Crippen LogP contribution in [0.5, 0.6) is 11.5 Å². The normalized spacial score (nSPS) is 13.5. The molecule has 1 unspecified atom stereocenters. The van der Waals surface area contributed by atoms with E-state index in [4.69, 9.17) is 9.47 Å². The zero-order chi connectivity index (χ0) is 24.5. The summed E-state index contributed by atoms with van der Waals surface area (Å²) in [5, 5.41) is 17.9. The maximum absolute atomic E-state index is 14.3. The van der Waals surface area contributed by atoms with Gasteiger partial charge in [0.2, 0.25) is 5.60 Å². The molecular weight excluding hydrogens is 454 g/mol. The number of anilines is 1. The molecule has 10 heteroatoms. The van der Waals surface area contributed by atoms with Crippen molar-refractivity contribution in [3.63, 3.8) is 0 Å². The summed E-state index contributed by atoms with van der Waals surface area (Å²) in [6.07, 6.45) is -5.08. The lowest BCUT2D eigenvalue weighted by atomic mass is 9.95. The monoisotopic (exact) mass is 475 g/mol. The molecule has 0 radical (unpaired) electrons. The summed E-state index contributed by atoms with van der Waals surface area (Å²) in [4.78, 5) is 0. The van der Waals surface area contributed by atoms with E-state index in [1.54, 1.807) is 24.3 Å². The largest absolute Gasteiger partial charge is 0.497 e. The van der Waals surface area contributed by atoms with Crippen molar-refractivity contribution in [2.45, 2.75) is 11.8 Å². The maximum Gasteiger partial charge on any atom is 0.424 e. The summed E-state index contributed by atoms with van der Waals surface area (Å²) in [7, 11) is 2.83. The third-order valence-electron chi connectivity index (χ3n) is 5.42. The molecular formula is C24H21F4N3O3. The van der Waals surface area contributed by atoms with Gasteiger partial charge in [-0.3, -0.25) is 0 Å². The number of benzene rings is 3. The maximum atomic E-state index is 14.3. The molecule has 1 aromatic heterocycles. The van der Waals surface area contributed by atoms with Crippen LogP contribution in [-0.4, -0.2) is 41.8 Å². The molecule has 178 valence electrons. The van der Waals surface area contributed by atoms with Crippen molar-refractivity contribution in [2.24, 2.45) is 0 Å². The smallest absolute Gasteiger partial charge is 0.424 e. The third-order valence-corrected chi connectivity index (χ3v) is 5.42. The lowest BCUT2D eigenvalue weighted by Gasteiger charge is -2.30. The zero-order valence-corrected chi connectivity index (χ0v) is 18.2. The minimum Gasteiger partial charge on any atom is -0.497 e. The second kappa shape index (κ2) is 8.86. The van der Waals surface area contributed by atoms with Gasteiger partial charge in [-0.05, 0) is 30.3 Å². The van der Waals surface area contributed by atoms with Gasteiger partial charge in [-0.25, -0.2) is 9.07 Å². The Morgan fingerprint density at radius 1 is 0.941 bits per heavy atom. The number of nitrogens with zero attached hydrogens (tertiary/aromatic N) is 2. The molecule has 1 atom stereocenters. The van der Waals surface area contributed by atoms with Crippen molar-refractivity contribution < 1.29 is 32.1 Å². The van der Waals surface area contributed by atoms with Crippen LogP contribution in [0.1, 0.15) is 5.69 Å². The fraction of sp³-hybridized carbons (Fsp3) is 0.208. The van der Waals surface area contributed by atoms with Gasteiger partial charge >= 0.3 is 6.18 Å². The summed E-state index contributed by atoms with van der Waals surface area (Å²) in [6.45, 7) is -0.933. The quantitative estimate of drug-likeness (QED) is 0.367. The molecule has 0 bridgehead atoms. The van der Waals surface area contributed by atoms with Crippen molar-refractivity contribution in [1.29, 1.82) is 0 Å². The van der Waals surface area contributed by atoms with E-state index in [1.807, 2.05) is 0 Å². The van der Waals surface area contributed by atoms with Crippen molar-refractivity contribution in [2.75, 3.05) is 26.1 Å². The van der Waals surface area contributed by atoms with E-state index in [9.17, 15) is 22.7 Å². The molecule has 0 fully saturated rings. The predicted octanol–water partition coefficient (Wildman–Crippen LogP) is 5.04. The Hall–Kier alpha value is -3.79. The van der Waals surface area contributed by atoms with Crippen LogP contribution >= 0.6 is 0 Å². The molecule has 0 saturated heterocycles. The fourth-order valence-corrected chi connectivity index (χ4v) is 3.61. The lowest BCUT2D eigenvalue weighted by Crippen LogP contribution is -2.48. The van der Waals surface area contributed by atoms with E-state index in [-0.39, 0.29) is 11.1 Å². The van der Waals surface area contributed by atoms with Crippen molar-refractivity contribution in [3.8, 4) is 17.2 Å². The van der Waals surface area contributed by atoms with E-state index >= 15 is 0 Å². The highest BCUT2D eigenvalue weighted by Gasteiger charge is 2.57. The summed E-state index contributed by atoms with van der Waals surface area (Å²) in [6, 6.07) is 15.9. The second-order valence-corrected chi connectivity index (χ2v) is 7.57. The first-order valence-corrected chi connectivity index (χ1v) is 10.2. The summed E-state index contributed by atoms with van der Waals surface area (Å²) in [5.41, 5.74) is -3.01. The molecule has 0 amide bonds. The number of hydrogen-bond acceptors (Lipinski definition) is 5. The standard InChI is InChI=1S/C24H21F4N3O3/c1-33-18-11-16(12-19(13-18)34-2)29-14-23(32,24(26,27)28)22-20-5-3-4-6-21(20)31(30-22)17-9-7-15(25)8-10-17/h3-13,29,32H,14H2,1-2H3. The number of nitrogens with one attached hydrogen (secondary N) is 1. The molecule has 0 aliphatic heterocycles. The van der Waals surface area contributed by atoms with Crippen LogP contribution in [0.3, 0.4) is 0 Å². The molecule has 2 N–H and O–H groups in total. The van der Waals surface area contributed by atoms with Crippen LogP contribution < -0.4 is 14.8 Å². The number of aromatic nitrogens is 2. The minimum absolute atomic E-state index is 0.108. The predicted molar refractivity (Wildman–Crippen MR) is 119 cm³/mol. The highest BCUT2D eigenvalue weighted by molar-refractivity contribution is 5.84. The van der Waals surface area contributed by atoms with Crippen molar-refractivity contribution in [1.82, 2.24) is 9.78 Å². The third kappa shape index (κ3) is 4.24. The Bertz CT molecular complexity index is 1280. The van der Waals surface area contributed by atoms with Crippen LogP contribution in [0.25, 0.3) is 16.6 Å². The highest BCUT2D eigenvalue weighted by Crippen LogP contribution is 2.42. The molecule has 0 saturated carbocycles. The molecule has 1 heterocycles. The summed E-state index contributed by atoms with van der Waals surface area (Å²) >= 11 is 0. The zero-order valence-electron chi connectivity index (χ0n) is 18.2. The molecule has 4 rings (SSSR count). The van der Waals surface area contributed by atoms with Gasteiger partial charge in [0.15, 0.2) is 0 Å². The van der Waals surface area contributed by atoms with Gasteiger partial charge in [-0.2, -0.15) is 18.3 Å². The van der Waals surface area contributed by atoms with Gasteiger partial charge in [-0.1, -0.05) is 18.2 Å². The lowest BCUT2D eigenvalue weighted by molar-refractivity contribution is -0.261. The van der Waals surface area contributed by atoms with Crippen LogP contribution in [0, 0.1) is 5.82 Å². The number of alkyl halides is 3. The van der Waals surface area contributed by atoms with Crippen molar-refractivity contribution >= 4 is 16.6 Å². The van der Waals surface area contributed by atoms with Gasteiger partial charge in [0.25, 0.3) is 0 Å². The summed E-state index contributed by atoms with van der Waals surface area (Å²) < 4.78 is 68.0. The fourth-order valence-electron chi connectivity index (χ4n) is 3.61. The summed E-state index contributed by atoms with van der Waals surface area (Å²) in [5.74, 6) is 0.233. The molecule has 6 nitrogen and oxygen atoms in total. The molecule has 0 spiro atoms. The Morgan fingerprint density at radius 2 is 1.56 bits per heavy atom. The van der Waals surface area contributed by atoms with Gasteiger partial charge in [-0.15, -0.1) is 0 Å². The van der Waals surface area contributed by atoms with Crippen LogP contribution in [0.2, 0.25) is 0 Å². The average Bonchev–Trinajstić information content (AvgIpc) is 3.22. The number of hydrogen-bond donors (Lipinski definition) is 2. The van der Waals surface area contributed by atoms with E-state index in [0.29, 0.717) is 22.7 Å². The van der Waals surface area contributed by atoms with E-state index in [2.05, 4.69) is 10.4 Å².